The Bertz CT molecular complexity index is 368. The molecule has 0 bridgehead atoms. The van der Waals surface area contributed by atoms with Crippen LogP contribution in [-0.2, 0) is 0 Å². The second kappa shape index (κ2) is 7.82. The normalized spacial score (nSPS) is 13.2. The van der Waals surface area contributed by atoms with Crippen molar-refractivity contribution in [2.24, 2.45) is 11.5 Å². The van der Waals surface area contributed by atoms with Crippen molar-refractivity contribution in [3.8, 4) is 0 Å². The Morgan fingerprint density at radius 1 is 0.864 bits per heavy atom. The lowest BCUT2D eigenvalue weighted by Crippen LogP contribution is -2.53. The lowest BCUT2D eigenvalue weighted by Gasteiger charge is -2.36. The average molecular weight is 318 g/mol. The summed E-state index contributed by atoms with van der Waals surface area (Å²) in [5, 5.41) is 22.3. The molecule has 8 nitrogen and oxygen atoms in total. The summed E-state index contributed by atoms with van der Waals surface area (Å²) in [4.78, 5) is 21.6. The van der Waals surface area contributed by atoms with Crippen LogP contribution in [0, 0.1) is 20.2 Å². The highest BCUT2D eigenvalue weighted by Crippen LogP contribution is 2.33. The monoisotopic (exact) mass is 318 g/mol. The van der Waals surface area contributed by atoms with Crippen LogP contribution in [0.25, 0.3) is 0 Å². The molecule has 22 heavy (non-hydrogen) atoms. The lowest BCUT2D eigenvalue weighted by atomic mass is 9.74. The van der Waals surface area contributed by atoms with Crippen LogP contribution in [0.3, 0.4) is 0 Å². The van der Waals surface area contributed by atoms with Crippen LogP contribution in [0.2, 0.25) is 0 Å². The zero-order valence-corrected chi connectivity index (χ0v) is 14.1. The maximum absolute atomic E-state index is 11.2. The molecular formula is C14H30N4O4. The molecule has 0 saturated heterocycles. The number of hydrogen-bond acceptors (Lipinski definition) is 6. The van der Waals surface area contributed by atoms with E-state index in [1.54, 1.807) is 0 Å². The van der Waals surface area contributed by atoms with E-state index in [4.69, 9.17) is 11.5 Å². The minimum Gasteiger partial charge on any atom is -0.330 e. The fourth-order valence-electron chi connectivity index (χ4n) is 2.89. The van der Waals surface area contributed by atoms with Crippen molar-refractivity contribution >= 4 is 0 Å². The van der Waals surface area contributed by atoms with E-state index in [9.17, 15) is 20.2 Å². The Balaban J connectivity index is 5.12. The number of nitrogens with zero attached hydrogens (tertiary/aromatic N) is 2. The second-order valence-electron chi connectivity index (χ2n) is 7.45. The van der Waals surface area contributed by atoms with Crippen molar-refractivity contribution in [3.63, 3.8) is 0 Å². The van der Waals surface area contributed by atoms with Gasteiger partial charge in [0.2, 0.25) is 11.1 Å². The predicted octanol–water partition coefficient (Wildman–Crippen LogP) is 2.09. The zero-order chi connectivity index (χ0) is 17.6. The summed E-state index contributed by atoms with van der Waals surface area (Å²) in [5.74, 6) is 0. The van der Waals surface area contributed by atoms with Crippen LogP contribution in [0.4, 0.5) is 0 Å². The molecule has 0 aliphatic carbocycles. The Hall–Kier alpha value is -1.28. The molecular weight excluding hydrogens is 288 g/mol. The Kier molecular flexibility index (Phi) is 7.37. The number of unbranched alkanes of at least 4 members (excludes halogenated alkanes) is 2. The fourth-order valence-corrected chi connectivity index (χ4v) is 2.89. The maximum atomic E-state index is 11.2. The smallest absolute Gasteiger partial charge is 0.218 e. The summed E-state index contributed by atoms with van der Waals surface area (Å²) < 4.78 is 0. The van der Waals surface area contributed by atoms with Gasteiger partial charge in [0.05, 0.1) is 0 Å². The summed E-state index contributed by atoms with van der Waals surface area (Å²) in [5.41, 5.74) is 8.47. The van der Waals surface area contributed by atoms with E-state index in [1.807, 2.05) is 0 Å². The summed E-state index contributed by atoms with van der Waals surface area (Å²) >= 11 is 0. The van der Waals surface area contributed by atoms with Gasteiger partial charge in [-0.05, 0) is 19.4 Å². The van der Waals surface area contributed by atoms with Crippen molar-refractivity contribution in [3.05, 3.63) is 20.2 Å². The van der Waals surface area contributed by atoms with Crippen molar-refractivity contribution in [2.75, 3.05) is 6.54 Å². The molecule has 0 rings (SSSR count). The molecule has 0 aliphatic heterocycles. The Morgan fingerprint density at radius 2 is 1.27 bits per heavy atom. The van der Waals surface area contributed by atoms with E-state index in [2.05, 4.69) is 0 Å². The van der Waals surface area contributed by atoms with Gasteiger partial charge in [-0.1, -0.05) is 12.8 Å². The van der Waals surface area contributed by atoms with Gasteiger partial charge >= 0.3 is 0 Å². The topological polar surface area (TPSA) is 138 Å². The second-order valence-corrected chi connectivity index (χ2v) is 7.45. The first-order chi connectivity index (χ1) is 9.86. The maximum Gasteiger partial charge on any atom is 0.218 e. The number of nitro groups is 2. The van der Waals surface area contributed by atoms with Crippen LogP contribution < -0.4 is 11.5 Å². The highest BCUT2D eigenvalue weighted by Gasteiger charge is 2.46. The zero-order valence-electron chi connectivity index (χ0n) is 14.1. The number of rotatable bonds is 11. The van der Waals surface area contributed by atoms with Gasteiger partial charge in [0.1, 0.15) is 0 Å². The SMILES string of the molecule is CC(C)(CC(N)(CCCCCN)CC(C)(C)[N+](=O)[O-])[N+](=O)[O-]. The summed E-state index contributed by atoms with van der Waals surface area (Å²) in [6.07, 6.45) is 3.21. The molecule has 130 valence electrons. The fraction of sp³-hybridized carbons (Fsp3) is 1.00. The van der Waals surface area contributed by atoms with Gasteiger partial charge in [0, 0.05) is 55.9 Å². The first kappa shape index (κ1) is 20.7. The molecule has 4 N–H and O–H groups in total. The third-order valence-corrected chi connectivity index (χ3v) is 3.94. The van der Waals surface area contributed by atoms with E-state index in [0.29, 0.717) is 13.0 Å². The predicted molar refractivity (Wildman–Crippen MR) is 85.8 cm³/mol. The van der Waals surface area contributed by atoms with E-state index in [0.717, 1.165) is 19.3 Å². The molecule has 0 aromatic rings. The minimum atomic E-state index is -1.21. The largest absolute Gasteiger partial charge is 0.330 e. The number of hydrogen-bond donors (Lipinski definition) is 2. The van der Waals surface area contributed by atoms with Crippen LogP contribution in [0.5, 0.6) is 0 Å². The highest BCUT2D eigenvalue weighted by atomic mass is 16.6. The van der Waals surface area contributed by atoms with Gasteiger partial charge in [-0.2, -0.15) is 0 Å². The van der Waals surface area contributed by atoms with Crippen LogP contribution in [0.15, 0.2) is 0 Å². The minimum absolute atomic E-state index is 0.104. The molecule has 8 heteroatoms. The molecule has 0 amide bonds. The molecule has 0 aromatic carbocycles. The first-order valence-electron chi connectivity index (χ1n) is 7.64. The third-order valence-electron chi connectivity index (χ3n) is 3.94. The van der Waals surface area contributed by atoms with Gasteiger partial charge in [-0.3, -0.25) is 20.2 Å². The van der Waals surface area contributed by atoms with Crippen LogP contribution >= 0.6 is 0 Å². The standard InChI is InChI=1S/C14H30N4O4/c1-12(2,17(19)20)10-14(16,8-6-5-7-9-15)11-13(3,4)18(21)22/h5-11,15-16H2,1-4H3. The van der Waals surface area contributed by atoms with E-state index in [1.165, 1.54) is 27.7 Å². The van der Waals surface area contributed by atoms with Gasteiger partial charge in [-0.25, -0.2) is 0 Å². The molecule has 0 spiro atoms. The average Bonchev–Trinajstić information content (AvgIpc) is 2.32. The molecule has 0 atom stereocenters. The van der Waals surface area contributed by atoms with Crippen molar-refractivity contribution in [1.82, 2.24) is 0 Å². The summed E-state index contributed by atoms with van der Waals surface area (Å²) in [6.45, 7) is 6.61. The van der Waals surface area contributed by atoms with Crippen molar-refractivity contribution in [2.45, 2.75) is 82.8 Å². The van der Waals surface area contributed by atoms with Crippen LogP contribution in [0.1, 0.15) is 66.2 Å². The van der Waals surface area contributed by atoms with Gasteiger partial charge in [0.25, 0.3) is 0 Å². The molecule has 0 saturated carbocycles. The summed E-state index contributed by atoms with van der Waals surface area (Å²) in [7, 11) is 0. The van der Waals surface area contributed by atoms with Gasteiger partial charge in [-0.15, -0.1) is 0 Å². The molecule has 0 radical (unpaired) electrons. The Morgan fingerprint density at radius 3 is 1.59 bits per heavy atom. The van der Waals surface area contributed by atoms with Crippen molar-refractivity contribution < 1.29 is 9.85 Å². The van der Waals surface area contributed by atoms with E-state index >= 15 is 0 Å². The first-order valence-corrected chi connectivity index (χ1v) is 7.64. The molecule has 0 aromatic heterocycles. The van der Waals surface area contributed by atoms with E-state index in [-0.39, 0.29) is 22.7 Å². The Labute approximate surface area is 131 Å². The van der Waals surface area contributed by atoms with Gasteiger partial charge in [0.15, 0.2) is 0 Å². The summed E-state index contributed by atoms with van der Waals surface area (Å²) in [6, 6.07) is 0. The van der Waals surface area contributed by atoms with Crippen LogP contribution in [-0.4, -0.2) is 33.0 Å². The quantitative estimate of drug-likeness (QED) is 0.340. The highest BCUT2D eigenvalue weighted by molar-refractivity contribution is 4.94. The van der Waals surface area contributed by atoms with E-state index < -0.39 is 16.6 Å². The lowest BCUT2D eigenvalue weighted by molar-refractivity contribution is -0.570. The molecule has 0 fully saturated rings. The van der Waals surface area contributed by atoms with Crippen molar-refractivity contribution in [1.29, 1.82) is 0 Å². The molecule has 0 heterocycles. The third kappa shape index (κ3) is 6.65. The molecule has 0 unspecified atom stereocenters. The molecule has 0 aliphatic rings. The number of nitrogens with two attached hydrogens (primary N) is 2. The van der Waals surface area contributed by atoms with Gasteiger partial charge < -0.3 is 11.5 Å².